The maximum absolute atomic E-state index is 14.6. The number of nitrogens with one attached hydrogen (secondary N) is 4. The third kappa shape index (κ3) is 5.57. The van der Waals surface area contributed by atoms with Crippen LogP contribution in [0.2, 0.25) is 5.02 Å². The van der Waals surface area contributed by atoms with E-state index in [9.17, 15) is 23.2 Å². The summed E-state index contributed by atoms with van der Waals surface area (Å²) in [7, 11) is 1.25. The minimum absolute atomic E-state index is 0.200. The average Bonchev–Trinajstić information content (AvgIpc) is 3.41. The van der Waals surface area contributed by atoms with E-state index in [0.717, 1.165) is 12.1 Å². The number of hydrogen-bond donors (Lipinski definition) is 4. The SMILES string of the molecule is COC(=O)Nc1ccc2c(c1)NC(=O)CCCC[C@H](N1CC[C@H](c3c(F)ccc(Cl)c3F)NC1=O)c1nc-2c[nH]1. The molecule has 2 aromatic carbocycles. The second-order valence-corrected chi connectivity index (χ2v) is 10.0. The third-order valence-corrected chi connectivity index (χ3v) is 7.36. The van der Waals surface area contributed by atoms with Crippen LogP contribution in [0.5, 0.6) is 0 Å². The van der Waals surface area contributed by atoms with E-state index in [2.05, 4.69) is 25.7 Å². The number of halogens is 3. The lowest BCUT2D eigenvalue weighted by Gasteiger charge is -2.37. The van der Waals surface area contributed by atoms with Gasteiger partial charge in [-0.2, -0.15) is 0 Å². The summed E-state index contributed by atoms with van der Waals surface area (Å²) in [5.41, 5.74) is 1.76. The van der Waals surface area contributed by atoms with Gasteiger partial charge in [0, 0.05) is 36.0 Å². The fraction of sp³-hybridized carbons (Fsp3) is 0.333. The molecule has 2 bridgehead atoms. The van der Waals surface area contributed by atoms with Crippen molar-refractivity contribution in [3.63, 3.8) is 0 Å². The van der Waals surface area contributed by atoms with Crippen LogP contribution in [0.1, 0.15) is 55.6 Å². The maximum Gasteiger partial charge on any atom is 0.411 e. The van der Waals surface area contributed by atoms with Gasteiger partial charge >= 0.3 is 12.1 Å². The Bertz CT molecular complexity index is 1460. The van der Waals surface area contributed by atoms with Gasteiger partial charge in [0.05, 0.1) is 35.6 Å². The fourth-order valence-corrected chi connectivity index (χ4v) is 5.25. The van der Waals surface area contributed by atoms with E-state index in [-0.39, 0.29) is 35.9 Å². The minimum atomic E-state index is -0.885. The number of amides is 4. The molecular weight excluding hydrogens is 546 g/mol. The number of carbonyl (C=O) groups excluding carboxylic acids is 3. The van der Waals surface area contributed by atoms with Crippen molar-refractivity contribution in [2.75, 3.05) is 24.3 Å². The molecule has 10 nitrogen and oxygen atoms in total. The van der Waals surface area contributed by atoms with Crippen molar-refractivity contribution in [2.45, 2.75) is 44.2 Å². The zero-order valence-electron chi connectivity index (χ0n) is 21.5. The quantitative estimate of drug-likeness (QED) is 0.291. The Morgan fingerprint density at radius 1 is 1.18 bits per heavy atom. The highest BCUT2D eigenvalue weighted by Gasteiger charge is 2.35. The summed E-state index contributed by atoms with van der Waals surface area (Å²) in [5.74, 6) is -1.32. The van der Waals surface area contributed by atoms with E-state index in [1.165, 1.54) is 7.11 Å². The van der Waals surface area contributed by atoms with Crippen LogP contribution >= 0.6 is 11.6 Å². The van der Waals surface area contributed by atoms with Crippen molar-refractivity contribution < 1.29 is 27.9 Å². The number of anilines is 2. The second kappa shape index (κ2) is 11.5. The highest BCUT2D eigenvalue weighted by molar-refractivity contribution is 6.30. The molecule has 0 spiro atoms. The summed E-state index contributed by atoms with van der Waals surface area (Å²) in [4.78, 5) is 47.1. The molecule has 0 aliphatic carbocycles. The molecule has 1 saturated heterocycles. The van der Waals surface area contributed by atoms with Crippen molar-refractivity contribution in [1.29, 1.82) is 0 Å². The number of hydrogen-bond acceptors (Lipinski definition) is 5. The van der Waals surface area contributed by atoms with Gasteiger partial charge < -0.3 is 25.3 Å². The predicted molar refractivity (Wildman–Crippen MR) is 144 cm³/mol. The fourth-order valence-electron chi connectivity index (χ4n) is 5.09. The molecule has 1 aromatic heterocycles. The number of benzene rings is 2. The molecule has 2 aliphatic rings. The Kier molecular flexibility index (Phi) is 7.88. The lowest BCUT2D eigenvalue weighted by atomic mass is 9.98. The molecule has 5 rings (SSSR count). The summed E-state index contributed by atoms with van der Waals surface area (Å²) in [6.07, 6.45) is 3.24. The van der Waals surface area contributed by atoms with Crippen LogP contribution < -0.4 is 16.0 Å². The van der Waals surface area contributed by atoms with Crippen LogP contribution in [0, 0.1) is 11.6 Å². The Morgan fingerprint density at radius 2 is 2.00 bits per heavy atom. The molecule has 40 heavy (non-hydrogen) atoms. The molecule has 3 aromatic rings. The summed E-state index contributed by atoms with van der Waals surface area (Å²) in [5, 5.41) is 7.98. The number of aromatic nitrogens is 2. The number of imidazole rings is 1. The largest absolute Gasteiger partial charge is 0.453 e. The Balaban J connectivity index is 1.43. The van der Waals surface area contributed by atoms with Crippen molar-refractivity contribution >= 4 is 41.0 Å². The average molecular weight is 573 g/mol. The molecular formula is C27H27ClF2N6O4. The van der Waals surface area contributed by atoms with Crippen molar-refractivity contribution in [2.24, 2.45) is 0 Å². The molecule has 0 radical (unpaired) electrons. The van der Waals surface area contributed by atoms with E-state index in [0.29, 0.717) is 47.7 Å². The van der Waals surface area contributed by atoms with Gasteiger partial charge in [-0.3, -0.25) is 10.1 Å². The monoisotopic (exact) mass is 572 g/mol. The normalized spacial score (nSPS) is 19.4. The number of aromatic amines is 1. The highest BCUT2D eigenvalue weighted by Crippen LogP contribution is 2.36. The van der Waals surface area contributed by atoms with Gasteiger partial charge in [-0.05, 0) is 49.6 Å². The van der Waals surface area contributed by atoms with Crippen LogP contribution in [0.25, 0.3) is 11.3 Å². The molecule has 0 unspecified atom stereocenters. The Labute approximate surface area is 233 Å². The van der Waals surface area contributed by atoms with E-state index in [1.54, 1.807) is 29.3 Å². The lowest BCUT2D eigenvalue weighted by molar-refractivity contribution is -0.116. The number of ether oxygens (including phenoxy) is 1. The molecule has 4 amide bonds. The number of fused-ring (bicyclic) bond motifs is 4. The summed E-state index contributed by atoms with van der Waals surface area (Å²) in [6.45, 7) is 0.224. The van der Waals surface area contributed by atoms with E-state index in [1.807, 2.05) is 0 Å². The summed E-state index contributed by atoms with van der Waals surface area (Å²) in [6, 6.07) is 5.40. The number of nitrogens with zero attached hydrogens (tertiary/aromatic N) is 2. The number of carbonyl (C=O) groups is 3. The maximum atomic E-state index is 14.6. The van der Waals surface area contributed by atoms with Crippen LogP contribution in [0.15, 0.2) is 36.5 Å². The topological polar surface area (TPSA) is 128 Å². The molecule has 2 atom stereocenters. The molecule has 2 aliphatic heterocycles. The molecule has 1 fully saturated rings. The zero-order valence-corrected chi connectivity index (χ0v) is 22.3. The number of rotatable bonds is 3. The Morgan fingerprint density at radius 3 is 2.77 bits per heavy atom. The summed E-state index contributed by atoms with van der Waals surface area (Å²) >= 11 is 5.86. The first-order valence-electron chi connectivity index (χ1n) is 12.8. The van der Waals surface area contributed by atoms with Gasteiger partial charge in [-0.25, -0.2) is 23.4 Å². The van der Waals surface area contributed by atoms with Crippen LogP contribution in [0.4, 0.5) is 29.7 Å². The van der Waals surface area contributed by atoms with Crippen molar-refractivity contribution in [1.82, 2.24) is 20.2 Å². The molecule has 13 heteroatoms. The molecule has 210 valence electrons. The van der Waals surface area contributed by atoms with Crippen molar-refractivity contribution in [3.8, 4) is 11.3 Å². The molecule has 0 saturated carbocycles. The lowest BCUT2D eigenvalue weighted by Crippen LogP contribution is -2.50. The first-order chi connectivity index (χ1) is 19.2. The predicted octanol–water partition coefficient (Wildman–Crippen LogP) is 5.90. The number of H-pyrrole nitrogens is 1. The summed E-state index contributed by atoms with van der Waals surface area (Å²) < 4.78 is 33.7. The minimum Gasteiger partial charge on any atom is -0.453 e. The second-order valence-electron chi connectivity index (χ2n) is 9.60. The van der Waals surface area contributed by atoms with Gasteiger partial charge in [0.2, 0.25) is 5.91 Å². The van der Waals surface area contributed by atoms with Gasteiger partial charge in [0.15, 0.2) is 0 Å². The smallest absolute Gasteiger partial charge is 0.411 e. The highest BCUT2D eigenvalue weighted by atomic mass is 35.5. The number of methoxy groups -OCH3 is 1. The van der Waals surface area contributed by atoms with E-state index >= 15 is 0 Å². The zero-order chi connectivity index (χ0) is 28.4. The van der Waals surface area contributed by atoms with Crippen LogP contribution in [-0.2, 0) is 9.53 Å². The van der Waals surface area contributed by atoms with Gasteiger partial charge in [-0.1, -0.05) is 18.0 Å². The standard InChI is InChI=1S/C27H27ClF2N6O4/c1-40-27(39)32-14-6-7-15-19(12-14)33-22(37)5-3-2-4-21(25-31-13-20(15)34-25)36-11-10-18(35-26(36)38)23-17(29)9-8-16(28)24(23)30/h6-9,12-13,18,21H,2-5,10-11H2,1H3,(H,31,34)(H,32,39)(H,33,37)(H,35,38)/t18-,21+/m1/s1. The van der Waals surface area contributed by atoms with E-state index in [4.69, 9.17) is 16.6 Å². The first-order valence-corrected chi connectivity index (χ1v) is 13.2. The van der Waals surface area contributed by atoms with E-state index < -0.39 is 35.8 Å². The Hall–Kier alpha value is -4.19. The first kappa shape index (κ1) is 27.4. The van der Waals surface area contributed by atoms with Gasteiger partial charge in [0.1, 0.15) is 17.5 Å². The number of urea groups is 1. The van der Waals surface area contributed by atoms with Gasteiger partial charge in [-0.15, -0.1) is 0 Å². The van der Waals surface area contributed by atoms with Crippen LogP contribution in [-0.4, -0.2) is 46.6 Å². The van der Waals surface area contributed by atoms with Crippen LogP contribution in [0.3, 0.4) is 0 Å². The molecule has 4 N–H and O–H groups in total. The van der Waals surface area contributed by atoms with Gasteiger partial charge in [0.25, 0.3) is 0 Å². The van der Waals surface area contributed by atoms with Crippen molar-refractivity contribution in [3.05, 3.63) is 64.6 Å². The molecule has 3 heterocycles. The third-order valence-electron chi connectivity index (χ3n) is 7.07.